The maximum absolute atomic E-state index is 13.8. The van der Waals surface area contributed by atoms with Crippen LogP contribution in [-0.2, 0) is 4.79 Å². The lowest BCUT2D eigenvalue weighted by atomic mass is 10.0. The van der Waals surface area contributed by atoms with E-state index in [0.29, 0.717) is 0 Å². The van der Waals surface area contributed by atoms with Crippen molar-refractivity contribution in [2.45, 2.75) is 0 Å². The zero-order valence-corrected chi connectivity index (χ0v) is 13.3. The molecular formula is C15H9BrClF2NO2. The summed E-state index contributed by atoms with van der Waals surface area (Å²) in [6, 6.07) is 7.23. The minimum absolute atomic E-state index is 0.0112. The Morgan fingerprint density at radius 3 is 2.36 bits per heavy atom. The van der Waals surface area contributed by atoms with Crippen molar-refractivity contribution in [3.05, 3.63) is 64.2 Å². The van der Waals surface area contributed by atoms with Gasteiger partial charge in [0.15, 0.2) is 0 Å². The quantitative estimate of drug-likeness (QED) is 0.631. The number of ketones is 1. The van der Waals surface area contributed by atoms with Gasteiger partial charge in [0, 0.05) is 10.6 Å². The maximum atomic E-state index is 13.8. The van der Waals surface area contributed by atoms with Gasteiger partial charge in [-0.05, 0) is 30.3 Å². The molecule has 3 nitrogen and oxygen atoms in total. The van der Waals surface area contributed by atoms with Crippen LogP contribution >= 0.6 is 27.5 Å². The third-order valence-electron chi connectivity index (χ3n) is 2.81. The van der Waals surface area contributed by atoms with Crippen LogP contribution in [-0.4, -0.2) is 17.0 Å². The highest BCUT2D eigenvalue weighted by Gasteiger charge is 2.22. The van der Waals surface area contributed by atoms with Gasteiger partial charge in [0.1, 0.15) is 11.6 Å². The number of amides is 1. The van der Waals surface area contributed by atoms with Crippen molar-refractivity contribution in [3.63, 3.8) is 0 Å². The molecule has 2 rings (SSSR count). The molecule has 0 fully saturated rings. The number of hydrogen-bond acceptors (Lipinski definition) is 2. The number of carbonyl (C=O) groups excluding carboxylic acids is 2. The number of halogens is 4. The van der Waals surface area contributed by atoms with Crippen molar-refractivity contribution in [2.24, 2.45) is 0 Å². The van der Waals surface area contributed by atoms with E-state index in [-0.39, 0.29) is 21.6 Å². The first-order valence-corrected chi connectivity index (χ1v) is 7.58. The second-order valence-electron chi connectivity index (χ2n) is 4.30. The van der Waals surface area contributed by atoms with Gasteiger partial charge in [-0.25, -0.2) is 8.78 Å². The first-order valence-electron chi connectivity index (χ1n) is 6.08. The summed E-state index contributed by atoms with van der Waals surface area (Å²) in [6.45, 7) is 0. The highest BCUT2D eigenvalue weighted by atomic mass is 79.9. The summed E-state index contributed by atoms with van der Waals surface area (Å²) in [6.07, 6.45) is 0. The largest absolute Gasteiger partial charge is 0.325 e. The van der Waals surface area contributed by atoms with E-state index in [1.54, 1.807) is 0 Å². The molecule has 0 saturated heterocycles. The molecule has 0 heterocycles. The molecule has 2 aromatic rings. The Bertz CT molecular complexity index is 732. The van der Waals surface area contributed by atoms with Gasteiger partial charge in [0.05, 0.1) is 16.6 Å². The van der Waals surface area contributed by atoms with E-state index in [0.717, 1.165) is 18.2 Å². The van der Waals surface area contributed by atoms with Crippen LogP contribution in [0.2, 0.25) is 5.02 Å². The van der Waals surface area contributed by atoms with E-state index < -0.39 is 28.9 Å². The molecule has 0 aliphatic rings. The van der Waals surface area contributed by atoms with Crippen molar-refractivity contribution in [2.75, 3.05) is 10.6 Å². The Balaban J connectivity index is 2.53. The fraction of sp³-hybridized carbons (Fsp3) is 0.0667. The van der Waals surface area contributed by atoms with Crippen LogP contribution in [0, 0.1) is 11.6 Å². The zero-order chi connectivity index (χ0) is 16.3. The van der Waals surface area contributed by atoms with Gasteiger partial charge in [-0.3, -0.25) is 9.59 Å². The summed E-state index contributed by atoms with van der Waals surface area (Å²) >= 11 is 8.81. The number of rotatable bonds is 4. The van der Waals surface area contributed by atoms with E-state index in [2.05, 4.69) is 21.2 Å². The van der Waals surface area contributed by atoms with Crippen molar-refractivity contribution in [1.29, 1.82) is 0 Å². The molecule has 0 atom stereocenters. The fourth-order valence-electron chi connectivity index (χ4n) is 1.85. The third-order valence-corrected chi connectivity index (χ3v) is 3.56. The number of alkyl halides is 1. The van der Waals surface area contributed by atoms with Crippen molar-refractivity contribution >= 4 is 44.9 Å². The highest BCUT2D eigenvalue weighted by molar-refractivity contribution is 9.09. The van der Waals surface area contributed by atoms with Gasteiger partial charge >= 0.3 is 0 Å². The van der Waals surface area contributed by atoms with Crippen LogP contribution in [0.25, 0.3) is 0 Å². The zero-order valence-electron chi connectivity index (χ0n) is 11.0. The smallest absolute Gasteiger partial charge is 0.235 e. The first kappa shape index (κ1) is 16.6. The lowest BCUT2D eigenvalue weighted by Gasteiger charge is -2.11. The minimum atomic E-state index is -0.984. The molecule has 0 bridgehead atoms. The molecule has 0 spiro atoms. The van der Waals surface area contributed by atoms with E-state index in [4.69, 9.17) is 11.6 Å². The molecule has 0 radical (unpaired) electrons. The first-order chi connectivity index (χ1) is 10.4. The number of anilines is 1. The summed E-state index contributed by atoms with van der Waals surface area (Å²) in [5, 5.41) is 2.68. The Morgan fingerprint density at radius 2 is 1.77 bits per heavy atom. The summed E-state index contributed by atoms with van der Waals surface area (Å²) < 4.78 is 27.5. The van der Waals surface area contributed by atoms with E-state index >= 15 is 0 Å². The van der Waals surface area contributed by atoms with Gasteiger partial charge in [0.25, 0.3) is 0 Å². The predicted octanol–water partition coefficient (Wildman–Crippen LogP) is 4.18. The molecule has 22 heavy (non-hydrogen) atoms. The second-order valence-corrected chi connectivity index (χ2v) is 5.29. The van der Waals surface area contributed by atoms with Crippen LogP contribution in [0.1, 0.15) is 15.9 Å². The summed E-state index contributed by atoms with van der Waals surface area (Å²) in [7, 11) is 0. The molecule has 0 saturated carbocycles. The van der Waals surface area contributed by atoms with Crippen molar-refractivity contribution in [3.8, 4) is 0 Å². The molecule has 2 aromatic carbocycles. The Labute approximate surface area is 138 Å². The molecule has 0 aliphatic carbocycles. The number of carbonyl (C=O) groups is 2. The van der Waals surface area contributed by atoms with Gasteiger partial charge in [0.2, 0.25) is 11.7 Å². The molecule has 1 N–H and O–H groups in total. The fourth-order valence-corrected chi connectivity index (χ4v) is 2.16. The standard InChI is InChI=1S/C15H9BrClF2NO2/c16-7-13(21)20-12-5-4-8(17)6-9(12)15(22)14-10(18)2-1-3-11(14)19/h1-6H,7H2,(H,20,21). The molecule has 0 aliphatic heterocycles. The summed E-state index contributed by atoms with van der Waals surface area (Å²) in [5.74, 6) is -3.28. The average Bonchev–Trinajstić information content (AvgIpc) is 2.48. The SMILES string of the molecule is O=C(CBr)Nc1ccc(Cl)cc1C(=O)c1c(F)cccc1F. The van der Waals surface area contributed by atoms with Crippen molar-refractivity contribution < 1.29 is 18.4 Å². The number of benzene rings is 2. The number of nitrogens with one attached hydrogen (secondary N) is 1. The van der Waals surface area contributed by atoms with Gasteiger partial charge < -0.3 is 5.32 Å². The average molecular weight is 389 g/mol. The molecular weight excluding hydrogens is 380 g/mol. The maximum Gasteiger partial charge on any atom is 0.235 e. The van der Waals surface area contributed by atoms with Crippen LogP contribution in [0.15, 0.2) is 36.4 Å². The lowest BCUT2D eigenvalue weighted by molar-refractivity contribution is -0.113. The Kier molecular flexibility index (Phi) is 5.26. The monoisotopic (exact) mass is 387 g/mol. The molecule has 1 amide bonds. The van der Waals surface area contributed by atoms with E-state index in [1.807, 2.05) is 0 Å². The number of hydrogen-bond donors (Lipinski definition) is 1. The third kappa shape index (κ3) is 3.51. The van der Waals surface area contributed by atoms with Crippen LogP contribution in [0.3, 0.4) is 0 Å². The van der Waals surface area contributed by atoms with Gasteiger partial charge in [-0.15, -0.1) is 0 Å². The molecule has 0 aromatic heterocycles. The predicted molar refractivity (Wildman–Crippen MR) is 83.7 cm³/mol. The summed E-state index contributed by atoms with van der Waals surface area (Å²) in [4.78, 5) is 23.9. The Morgan fingerprint density at radius 1 is 1.14 bits per heavy atom. The summed E-state index contributed by atoms with van der Waals surface area (Å²) in [5.41, 5.74) is -0.661. The molecule has 7 heteroatoms. The lowest BCUT2D eigenvalue weighted by Crippen LogP contribution is -2.16. The Hall–Kier alpha value is -1.79. The van der Waals surface area contributed by atoms with Gasteiger partial charge in [-0.2, -0.15) is 0 Å². The normalized spacial score (nSPS) is 10.4. The topological polar surface area (TPSA) is 46.2 Å². The highest BCUT2D eigenvalue weighted by Crippen LogP contribution is 2.26. The van der Waals surface area contributed by atoms with Crippen LogP contribution in [0.5, 0.6) is 0 Å². The second kappa shape index (κ2) is 6.98. The van der Waals surface area contributed by atoms with Crippen LogP contribution < -0.4 is 5.32 Å². The van der Waals surface area contributed by atoms with E-state index in [9.17, 15) is 18.4 Å². The van der Waals surface area contributed by atoms with E-state index in [1.165, 1.54) is 18.2 Å². The molecule has 114 valence electrons. The van der Waals surface area contributed by atoms with Crippen molar-refractivity contribution in [1.82, 2.24) is 0 Å². The van der Waals surface area contributed by atoms with Gasteiger partial charge in [-0.1, -0.05) is 33.6 Å². The minimum Gasteiger partial charge on any atom is -0.325 e. The molecule has 0 unspecified atom stereocenters. The van der Waals surface area contributed by atoms with Crippen LogP contribution in [0.4, 0.5) is 14.5 Å².